The molecule has 0 atom stereocenters. The third-order valence-electron chi connectivity index (χ3n) is 3.77. The van der Waals surface area contributed by atoms with E-state index in [1.807, 2.05) is 32.0 Å². The molecule has 2 N–H and O–H groups in total. The Morgan fingerprint density at radius 3 is 2.48 bits per heavy atom. The number of rotatable bonds is 5. The lowest BCUT2D eigenvalue weighted by Gasteiger charge is -2.23. The molecule has 0 aliphatic carbocycles. The lowest BCUT2D eigenvalue weighted by atomic mass is 9.90. The molecular formula is C18H22N2O3. The summed E-state index contributed by atoms with van der Waals surface area (Å²) >= 11 is 0. The number of hydrogen-bond acceptors (Lipinski definition) is 3. The molecule has 0 radical (unpaired) electrons. The Kier molecular flexibility index (Phi) is 4.89. The zero-order valence-electron chi connectivity index (χ0n) is 13.9. The van der Waals surface area contributed by atoms with Crippen molar-refractivity contribution in [3.8, 4) is 0 Å². The summed E-state index contributed by atoms with van der Waals surface area (Å²) in [5, 5.41) is 5.55. The van der Waals surface area contributed by atoms with E-state index in [0.29, 0.717) is 11.4 Å². The SMILES string of the molecule is Cc1ccc(NC(=O)C(C)(C)C(=O)NCc2ccco2)c(C)c1. The third-order valence-corrected chi connectivity index (χ3v) is 3.77. The molecule has 0 unspecified atom stereocenters. The predicted octanol–water partition coefficient (Wildman–Crippen LogP) is 3.18. The summed E-state index contributed by atoms with van der Waals surface area (Å²) in [5.74, 6) is -0.0542. The minimum absolute atomic E-state index is 0.256. The topological polar surface area (TPSA) is 71.3 Å². The first-order valence-corrected chi connectivity index (χ1v) is 7.50. The molecule has 23 heavy (non-hydrogen) atoms. The Balaban J connectivity index is 2.02. The fourth-order valence-corrected chi connectivity index (χ4v) is 2.14. The lowest BCUT2D eigenvalue weighted by Crippen LogP contribution is -2.44. The average molecular weight is 314 g/mol. The molecule has 1 aromatic carbocycles. The molecule has 0 saturated carbocycles. The summed E-state index contributed by atoms with van der Waals surface area (Å²) in [6.45, 7) is 7.37. The van der Waals surface area contributed by atoms with E-state index >= 15 is 0 Å². The fourth-order valence-electron chi connectivity index (χ4n) is 2.14. The number of anilines is 1. The van der Waals surface area contributed by atoms with Crippen LogP contribution in [0.25, 0.3) is 0 Å². The highest BCUT2D eigenvalue weighted by molar-refractivity contribution is 6.10. The lowest BCUT2D eigenvalue weighted by molar-refractivity contribution is -0.138. The molecule has 0 bridgehead atoms. The summed E-state index contributed by atoms with van der Waals surface area (Å²) in [7, 11) is 0. The minimum Gasteiger partial charge on any atom is -0.467 e. The van der Waals surface area contributed by atoms with Crippen molar-refractivity contribution in [2.75, 3.05) is 5.32 Å². The van der Waals surface area contributed by atoms with Gasteiger partial charge in [0.1, 0.15) is 11.2 Å². The molecule has 0 aliphatic rings. The van der Waals surface area contributed by atoms with E-state index < -0.39 is 5.41 Å². The number of aryl methyl sites for hydroxylation is 2. The highest BCUT2D eigenvalue weighted by atomic mass is 16.3. The van der Waals surface area contributed by atoms with Gasteiger partial charge in [0.2, 0.25) is 11.8 Å². The van der Waals surface area contributed by atoms with E-state index in [9.17, 15) is 9.59 Å². The summed E-state index contributed by atoms with van der Waals surface area (Å²) in [6.07, 6.45) is 1.54. The van der Waals surface area contributed by atoms with Crippen molar-refractivity contribution in [2.45, 2.75) is 34.2 Å². The van der Waals surface area contributed by atoms with E-state index in [4.69, 9.17) is 4.42 Å². The first-order chi connectivity index (χ1) is 10.8. The van der Waals surface area contributed by atoms with Crippen LogP contribution in [0.15, 0.2) is 41.0 Å². The molecule has 1 aromatic heterocycles. The minimum atomic E-state index is -1.19. The Morgan fingerprint density at radius 2 is 1.87 bits per heavy atom. The summed E-state index contributed by atoms with van der Waals surface area (Å²) in [5.41, 5.74) is 1.61. The van der Waals surface area contributed by atoms with E-state index in [1.165, 1.54) is 0 Å². The highest BCUT2D eigenvalue weighted by Crippen LogP contribution is 2.22. The second-order valence-corrected chi connectivity index (χ2v) is 6.16. The van der Waals surface area contributed by atoms with Crippen LogP contribution in [0.3, 0.4) is 0 Å². The second-order valence-electron chi connectivity index (χ2n) is 6.16. The number of carbonyl (C=O) groups excluding carboxylic acids is 2. The number of hydrogen-bond donors (Lipinski definition) is 2. The van der Waals surface area contributed by atoms with Gasteiger partial charge in [-0.15, -0.1) is 0 Å². The molecule has 0 saturated heterocycles. The van der Waals surface area contributed by atoms with Crippen LogP contribution in [0.2, 0.25) is 0 Å². The molecule has 0 spiro atoms. The van der Waals surface area contributed by atoms with Gasteiger partial charge < -0.3 is 15.1 Å². The van der Waals surface area contributed by atoms with Crippen LogP contribution in [0.5, 0.6) is 0 Å². The molecule has 2 rings (SSSR count). The average Bonchev–Trinajstić information content (AvgIpc) is 3.00. The second kappa shape index (κ2) is 6.69. The Morgan fingerprint density at radius 1 is 1.13 bits per heavy atom. The van der Waals surface area contributed by atoms with Crippen molar-refractivity contribution in [1.82, 2.24) is 5.32 Å². The first-order valence-electron chi connectivity index (χ1n) is 7.50. The van der Waals surface area contributed by atoms with Crippen LogP contribution in [-0.2, 0) is 16.1 Å². The Hall–Kier alpha value is -2.56. The molecule has 1 heterocycles. The van der Waals surface area contributed by atoms with Crippen LogP contribution in [0, 0.1) is 19.3 Å². The van der Waals surface area contributed by atoms with Crippen LogP contribution in [-0.4, -0.2) is 11.8 Å². The van der Waals surface area contributed by atoms with Crippen LogP contribution >= 0.6 is 0 Å². The van der Waals surface area contributed by atoms with Crippen molar-refractivity contribution in [1.29, 1.82) is 0 Å². The van der Waals surface area contributed by atoms with Crippen molar-refractivity contribution < 1.29 is 14.0 Å². The van der Waals surface area contributed by atoms with Gasteiger partial charge in [-0.05, 0) is 51.5 Å². The number of benzene rings is 1. The van der Waals surface area contributed by atoms with Crippen LogP contribution < -0.4 is 10.6 Å². The monoisotopic (exact) mass is 314 g/mol. The van der Waals surface area contributed by atoms with E-state index in [-0.39, 0.29) is 18.4 Å². The predicted molar refractivity (Wildman–Crippen MR) is 88.9 cm³/mol. The summed E-state index contributed by atoms with van der Waals surface area (Å²) in [6, 6.07) is 9.27. The molecule has 122 valence electrons. The molecule has 0 aliphatic heterocycles. The van der Waals surface area contributed by atoms with Crippen molar-refractivity contribution in [3.05, 3.63) is 53.5 Å². The zero-order chi connectivity index (χ0) is 17.0. The van der Waals surface area contributed by atoms with Gasteiger partial charge in [0.25, 0.3) is 0 Å². The molecule has 2 aromatic rings. The van der Waals surface area contributed by atoms with Crippen molar-refractivity contribution in [3.63, 3.8) is 0 Å². The first kappa shape index (κ1) is 16.8. The van der Waals surface area contributed by atoms with Gasteiger partial charge >= 0.3 is 0 Å². The smallest absolute Gasteiger partial charge is 0.239 e. The quantitative estimate of drug-likeness (QED) is 0.833. The number of nitrogens with one attached hydrogen (secondary N) is 2. The normalized spacial score (nSPS) is 11.1. The van der Waals surface area contributed by atoms with E-state index in [0.717, 1.165) is 11.1 Å². The molecular weight excluding hydrogens is 292 g/mol. The Bertz CT molecular complexity index is 703. The van der Waals surface area contributed by atoms with Crippen molar-refractivity contribution >= 4 is 17.5 Å². The van der Waals surface area contributed by atoms with E-state index in [1.54, 1.807) is 32.2 Å². The van der Waals surface area contributed by atoms with Gasteiger partial charge in [-0.1, -0.05) is 17.7 Å². The maximum atomic E-state index is 12.5. The zero-order valence-corrected chi connectivity index (χ0v) is 13.9. The Labute approximate surface area is 136 Å². The van der Waals surface area contributed by atoms with Gasteiger partial charge in [-0.3, -0.25) is 9.59 Å². The molecule has 5 heteroatoms. The van der Waals surface area contributed by atoms with E-state index in [2.05, 4.69) is 10.6 Å². The van der Waals surface area contributed by atoms with Gasteiger partial charge in [-0.2, -0.15) is 0 Å². The van der Waals surface area contributed by atoms with Gasteiger partial charge in [0, 0.05) is 5.69 Å². The van der Waals surface area contributed by atoms with Crippen LogP contribution in [0.1, 0.15) is 30.7 Å². The number of carbonyl (C=O) groups is 2. The largest absolute Gasteiger partial charge is 0.467 e. The van der Waals surface area contributed by atoms with Gasteiger partial charge in [-0.25, -0.2) is 0 Å². The fraction of sp³-hybridized carbons (Fsp3) is 0.333. The van der Waals surface area contributed by atoms with Gasteiger partial charge in [0.05, 0.1) is 12.8 Å². The summed E-state index contributed by atoms with van der Waals surface area (Å²) in [4.78, 5) is 24.8. The maximum Gasteiger partial charge on any atom is 0.239 e. The van der Waals surface area contributed by atoms with Crippen LogP contribution in [0.4, 0.5) is 5.69 Å². The number of amides is 2. The maximum absolute atomic E-state index is 12.5. The molecule has 0 fully saturated rings. The van der Waals surface area contributed by atoms with Gasteiger partial charge in [0.15, 0.2) is 0 Å². The third kappa shape index (κ3) is 4.00. The molecule has 5 nitrogen and oxygen atoms in total. The number of furan rings is 1. The standard InChI is InChI=1S/C18H22N2O3/c1-12-7-8-15(13(2)10-12)20-17(22)18(3,4)16(21)19-11-14-6-5-9-23-14/h5-10H,11H2,1-4H3,(H,19,21)(H,20,22). The summed E-state index contributed by atoms with van der Waals surface area (Å²) < 4.78 is 5.16. The molecule has 2 amide bonds. The highest BCUT2D eigenvalue weighted by Gasteiger charge is 2.36. The van der Waals surface area contributed by atoms with Crippen molar-refractivity contribution in [2.24, 2.45) is 5.41 Å².